The highest BCUT2D eigenvalue weighted by Crippen LogP contribution is 2.25. The third-order valence-electron chi connectivity index (χ3n) is 3.91. The summed E-state index contributed by atoms with van der Waals surface area (Å²) in [5.74, 6) is 0. The molecule has 0 spiro atoms. The van der Waals surface area contributed by atoms with Crippen LogP contribution in [0.2, 0.25) is 0 Å². The molecule has 0 amide bonds. The zero-order valence-corrected chi connectivity index (χ0v) is 14.1. The lowest BCUT2D eigenvalue weighted by Gasteiger charge is -2.33. The molecule has 4 nitrogen and oxygen atoms in total. The quantitative estimate of drug-likeness (QED) is 0.901. The molecule has 1 heterocycles. The molecule has 0 aliphatic carbocycles. The molecule has 0 saturated carbocycles. The van der Waals surface area contributed by atoms with Crippen LogP contribution in [0.15, 0.2) is 29.2 Å². The van der Waals surface area contributed by atoms with E-state index in [1.165, 1.54) is 5.56 Å². The van der Waals surface area contributed by atoms with E-state index in [1.54, 1.807) is 16.4 Å². The number of piperidine rings is 1. The number of nitrogens with two attached hydrogens (primary N) is 1. The topological polar surface area (TPSA) is 63.4 Å². The van der Waals surface area contributed by atoms with Gasteiger partial charge in [-0.1, -0.05) is 31.9 Å². The summed E-state index contributed by atoms with van der Waals surface area (Å²) in [6.45, 7) is 3.10. The van der Waals surface area contributed by atoms with Gasteiger partial charge < -0.3 is 5.73 Å². The van der Waals surface area contributed by atoms with Crippen LogP contribution in [-0.4, -0.2) is 31.9 Å². The first-order valence-electron chi connectivity index (χ1n) is 7.40. The molecule has 1 aliphatic heterocycles. The van der Waals surface area contributed by atoms with Crippen molar-refractivity contribution in [2.75, 3.05) is 13.1 Å². The van der Waals surface area contributed by atoms with E-state index in [9.17, 15) is 8.42 Å². The van der Waals surface area contributed by atoms with Crippen LogP contribution in [0.3, 0.4) is 0 Å². The van der Waals surface area contributed by atoms with Crippen molar-refractivity contribution in [3.63, 3.8) is 0 Å². The summed E-state index contributed by atoms with van der Waals surface area (Å²) in [5.41, 5.74) is 6.91. The predicted octanol–water partition coefficient (Wildman–Crippen LogP) is 2.56. The summed E-state index contributed by atoms with van der Waals surface area (Å²) in [7, 11) is -3.40. The van der Waals surface area contributed by atoms with Crippen LogP contribution in [0.5, 0.6) is 0 Å². The van der Waals surface area contributed by atoms with Gasteiger partial charge in [0.15, 0.2) is 0 Å². The smallest absolute Gasteiger partial charge is 0.243 e. The molecule has 1 unspecified atom stereocenters. The van der Waals surface area contributed by atoms with E-state index in [-0.39, 0.29) is 18.4 Å². The van der Waals surface area contributed by atoms with E-state index in [0.717, 1.165) is 32.1 Å². The molecule has 1 saturated heterocycles. The zero-order valence-electron chi connectivity index (χ0n) is 12.5. The molecule has 0 radical (unpaired) electrons. The maximum atomic E-state index is 12.7. The summed E-state index contributed by atoms with van der Waals surface area (Å²) in [5, 5.41) is 0. The Morgan fingerprint density at radius 1 is 1.24 bits per heavy atom. The lowest BCUT2D eigenvalue weighted by atomic mass is 10.1. The molecular formula is C15H25ClN2O2S. The molecule has 0 aromatic heterocycles. The lowest BCUT2D eigenvalue weighted by molar-refractivity contribution is 0.257. The van der Waals surface area contributed by atoms with Gasteiger partial charge in [-0.05, 0) is 37.0 Å². The minimum Gasteiger partial charge on any atom is -0.329 e. The molecule has 120 valence electrons. The van der Waals surface area contributed by atoms with E-state index in [4.69, 9.17) is 5.73 Å². The Bertz CT molecular complexity index is 531. The number of hydrogen-bond acceptors (Lipinski definition) is 3. The van der Waals surface area contributed by atoms with Crippen molar-refractivity contribution in [1.82, 2.24) is 4.31 Å². The normalized spacial score (nSPS) is 20.0. The number of benzene rings is 1. The summed E-state index contributed by atoms with van der Waals surface area (Å²) in [6, 6.07) is 7.23. The molecule has 1 fully saturated rings. The van der Waals surface area contributed by atoms with Gasteiger partial charge in [-0.25, -0.2) is 8.42 Å². The Morgan fingerprint density at radius 2 is 1.90 bits per heavy atom. The van der Waals surface area contributed by atoms with Gasteiger partial charge in [0, 0.05) is 19.1 Å². The van der Waals surface area contributed by atoms with Crippen molar-refractivity contribution in [2.45, 2.75) is 50.0 Å². The second-order valence-corrected chi connectivity index (χ2v) is 7.29. The summed E-state index contributed by atoms with van der Waals surface area (Å²) in [4.78, 5) is 0.387. The molecule has 0 bridgehead atoms. The molecule has 2 rings (SSSR count). The van der Waals surface area contributed by atoms with Gasteiger partial charge >= 0.3 is 0 Å². The predicted molar refractivity (Wildman–Crippen MR) is 88.3 cm³/mol. The van der Waals surface area contributed by atoms with Crippen molar-refractivity contribution >= 4 is 22.4 Å². The molecule has 21 heavy (non-hydrogen) atoms. The third-order valence-corrected chi connectivity index (χ3v) is 5.88. The second kappa shape index (κ2) is 8.13. The van der Waals surface area contributed by atoms with E-state index >= 15 is 0 Å². The van der Waals surface area contributed by atoms with Crippen LogP contribution in [0.25, 0.3) is 0 Å². The van der Waals surface area contributed by atoms with Gasteiger partial charge in [-0.15, -0.1) is 12.4 Å². The van der Waals surface area contributed by atoms with Gasteiger partial charge in [0.1, 0.15) is 0 Å². The molecule has 1 aromatic carbocycles. The number of nitrogens with zero attached hydrogens (tertiary/aromatic N) is 1. The van der Waals surface area contributed by atoms with Crippen molar-refractivity contribution in [3.05, 3.63) is 29.8 Å². The molecule has 1 atom stereocenters. The average molecular weight is 333 g/mol. The first-order chi connectivity index (χ1) is 9.59. The maximum Gasteiger partial charge on any atom is 0.243 e. The second-order valence-electron chi connectivity index (χ2n) is 5.40. The maximum absolute atomic E-state index is 12.7. The third kappa shape index (κ3) is 4.19. The monoisotopic (exact) mass is 332 g/mol. The van der Waals surface area contributed by atoms with Crippen molar-refractivity contribution in [1.29, 1.82) is 0 Å². The summed E-state index contributed by atoms with van der Waals surface area (Å²) < 4.78 is 27.0. The molecule has 1 aromatic rings. The Hall–Kier alpha value is -0.620. The number of rotatable bonds is 5. The van der Waals surface area contributed by atoms with Gasteiger partial charge in [0.05, 0.1) is 4.90 Å². The number of hydrogen-bond donors (Lipinski definition) is 1. The highest BCUT2D eigenvalue weighted by atomic mass is 35.5. The van der Waals surface area contributed by atoms with E-state index in [1.807, 2.05) is 12.1 Å². The van der Waals surface area contributed by atoms with E-state index in [2.05, 4.69) is 6.92 Å². The fourth-order valence-electron chi connectivity index (χ4n) is 2.78. The fourth-order valence-corrected chi connectivity index (χ4v) is 4.48. The Balaban J connectivity index is 0.00000220. The Labute approximate surface area is 134 Å². The van der Waals surface area contributed by atoms with Gasteiger partial charge in [-0.3, -0.25) is 0 Å². The molecule has 2 N–H and O–H groups in total. The van der Waals surface area contributed by atoms with Crippen molar-refractivity contribution < 1.29 is 8.42 Å². The lowest BCUT2D eigenvalue weighted by Crippen LogP contribution is -2.47. The van der Waals surface area contributed by atoms with Crippen molar-refractivity contribution in [2.24, 2.45) is 5.73 Å². The van der Waals surface area contributed by atoms with Gasteiger partial charge in [0.2, 0.25) is 10.0 Å². The summed E-state index contributed by atoms with van der Waals surface area (Å²) >= 11 is 0. The zero-order chi connectivity index (χ0) is 14.6. The first kappa shape index (κ1) is 18.4. The van der Waals surface area contributed by atoms with Crippen LogP contribution in [-0.2, 0) is 16.4 Å². The summed E-state index contributed by atoms with van der Waals surface area (Å²) in [6.07, 6.45) is 4.89. The largest absolute Gasteiger partial charge is 0.329 e. The Morgan fingerprint density at radius 3 is 2.48 bits per heavy atom. The average Bonchev–Trinajstić information content (AvgIpc) is 2.48. The van der Waals surface area contributed by atoms with Crippen LogP contribution >= 0.6 is 12.4 Å². The van der Waals surface area contributed by atoms with Gasteiger partial charge in [-0.2, -0.15) is 4.31 Å². The minimum atomic E-state index is -3.40. The SMILES string of the molecule is CCCc1ccc(S(=O)(=O)N2CCCCC2CN)cc1.Cl. The minimum absolute atomic E-state index is 0. The first-order valence-corrected chi connectivity index (χ1v) is 8.84. The van der Waals surface area contributed by atoms with Gasteiger partial charge in [0.25, 0.3) is 0 Å². The standard InChI is InChI=1S/C15H24N2O2S.ClH/c1-2-5-13-7-9-15(10-8-13)20(18,19)17-11-4-3-6-14(17)12-16;/h7-10,14H,2-6,11-12,16H2,1H3;1H. The Kier molecular flexibility index (Phi) is 7.13. The van der Waals surface area contributed by atoms with Crippen LogP contribution in [0.1, 0.15) is 38.2 Å². The van der Waals surface area contributed by atoms with E-state index < -0.39 is 10.0 Å². The number of sulfonamides is 1. The number of aryl methyl sites for hydroxylation is 1. The highest BCUT2D eigenvalue weighted by molar-refractivity contribution is 7.89. The number of halogens is 1. The molecule has 1 aliphatic rings. The van der Waals surface area contributed by atoms with Crippen LogP contribution < -0.4 is 5.73 Å². The van der Waals surface area contributed by atoms with E-state index in [0.29, 0.717) is 18.0 Å². The fraction of sp³-hybridized carbons (Fsp3) is 0.600. The van der Waals surface area contributed by atoms with Crippen LogP contribution in [0, 0.1) is 0 Å². The molecular weight excluding hydrogens is 308 g/mol. The molecule has 6 heteroatoms. The van der Waals surface area contributed by atoms with Crippen molar-refractivity contribution in [3.8, 4) is 0 Å². The highest BCUT2D eigenvalue weighted by Gasteiger charge is 2.32. The van der Waals surface area contributed by atoms with Crippen LogP contribution in [0.4, 0.5) is 0 Å².